The zero-order valence-corrected chi connectivity index (χ0v) is 19.2. The molecule has 0 radical (unpaired) electrons. The van der Waals surface area contributed by atoms with Gasteiger partial charge in [0.2, 0.25) is 10.0 Å². The molecule has 30 heavy (non-hydrogen) atoms. The Labute approximate surface area is 183 Å². The summed E-state index contributed by atoms with van der Waals surface area (Å²) in [6.07, 6.45) is 2.07. The van der Waals surface area contributed by atoms with Crippen molar-refractivity contribution >= 4 is 32.7 Å². The molecule has 0 spiro atoms. The standard InChI is InChI=1S/C22H29ClN4O2S/c1-4-5-12-27-20-11-10-18(30(24,28)29)13-19(20)26-21(27)14-25-22(15(2)3)16-6-8-17(23)9-7-16/h6-11,13,15,22,25H,4-5,12,14H2,1-3H3,(H2,24,28,29). The summed E-state index contributed by atoms with van der Waals surface area (Å²) in [5.41, 5.74) is 2.73. The van der Waals surface area contributed by atoms with Gasteiger partial charge >= 0.3 is 0 Å². The van der Waals surface area contributed by atoms with E-state index in [-0.39, 0.29) is 10.9 Å². The molecule has 1 atom stereocenters. The zero-order chi connectivity index (χ0) is 21.9. The van der Waals surface area contributed by atoms with Gasteiger partial charge in [0.05, 0.1) is 22.5 Å². The fourth-order valence-corrected chi connectivity index (χ4v) is 4.31. The maximum atomic E-state index is 11.7. The predicted octanol–water partition coefficient (Wildman–Crippen LogP) is 4.62. The summed E-state index contributed by atoms with van der Waals surface area (Å²) in [7, 11) is -3.77. The lowest BCUT2D eigenvalue weighted by Gasteiger charge is -2.23. The van der Waals surface area contributed by atoms with Gasteiger partial charge in [-0.25, -0.2) is 18.5 Å². The van der Waals surface area contributed by atoms with Gasteiger partial charge in [-0.05, 0) is 48.2 Å². The smallest absolute Gasteiger partial charge is 0.238 e. The zero-order valence-electron chi connectivity index (χ0n) is 17.6. The number of nitrogens with zero attached hydrogens (tertiary/aromatic N) is 2. The van der Waals surface area contributed by atoms with Crippen LogP contribution in [0.15, 0.2) is 47.4 Å². The topological polar surface area (TPSA) is 90.0 Å². The van der Waals surface area contributed by atoms with Crippen molar-refractivity contribution in [2.45, 2.75) is 57.6 Å². The molecular formula is C22H29ClN4O2S. The summed E-state index contributed by atoms with van der Waals surface area (Å²) in [4.78, 5) is 4.82. The van der Waals surface area contributed by atoms with Gasteiger partial charge in [-0.1, -0.05) is 50.9 Å². The molecular weight excluding hydrogens is 420 g/mol. The quantitative estimate of drug-likeness (QED) is 0.499. The van der Waals surface area contributed by atoms with E-state index in [4.69, 9.17) is 21.7 Å². The number of hydrogen-bond donors (Lipinski definition) is 2. The fourth-order valence-electron chi connectivity index (χ4n) is 3.65. The van der Waals surface area contributed by atoms with Crippen molar-refractivity contribution in [2.24, 2.45) is 11.1 Å². The molecule has 8 heteroatoms. The van der Waals surface area contributed by atoms with Gasteiger partial charge in [-0.3, -0.25) is 0 Å². The third-order valence-electron chi connectivity index (χ3n) is 5.24. The van der Waals surface area contributed by atoms with Crippen LogP contribution >= 0.6 is 11.6 Å². The van der Waals surface area contributed by atoms with Gasteiger partial charge < -0.3 is 9.88 Å². The monoisotopic (exact) mass is 448 g/mol. The van der Waals surface area contributed by atoms with Gasteiger partial charge in [0, 0.05) is 17.6 Å². The number of fused-ring (bicyclic) bond motifs is 1. The number of halogens is 1. The number of sulfonamides is 1. The number of nitrogens with one attached hydrogen (secondary N) is 1. The van der Waals surface area contributed by atoms with E-state index in [1.165, 1.54) is 5.56 Å². The number of nitrogens with two attached hydrogens (primary N) is 1. The molecule has 2 aromatic carbocycles. The molecule has 3 rings (SSSR count). The molecule has 1 heterocycles. The minimum absolute atomic E-state index is 0.0795. The Morgan fingerprint density at radius 1 is 1.17 bits per heavy atom. The van der Waals surface area contributed by atoms with E-state index in [9.17, 15) is 8.42 Å². The molecule has 6 nitrogen and oxygen atoms in total. The SMILES string of the molecule is CCCCn1c(CNC(c2ccc(Cl)cc2)C(C)C)nc2cc(S(N)(=O)=O)ccc21. The molecule has 1 unspecified atom stereocenters. The number of hydrogen-bond acceptors (Lipinski definition) is 4. The molecule has 0 saturated heterocycles. The Hall–Kier alpha value is -1.93. The maximum Gasteiger partial charge on any atom is 0.238 e. The van der Waals surface area contributed by atoms with Gasteiger partial charge in [-0.2, -0.15) is 0 Å². The summed E-state index contributed by atoms with van der Waals surface area (Å²) >= 11 is 6.04. The maximum absolute atomic E-state index is 11.7. The van der Waals surface area contributed by atoms with Crippen LogP contribution in [0.25, 0.3) is 11.0 Å². The van der Waals surface area contributed by atoms with Crippen LogP contribution in [0.1, 0.15) is 51.0 Å². The highest BCUT2D eigenvalue weighted by atomic mass is 35.5. The van der Waals surface area contributed by atoms with Crippen molar-refractivity contribution in [1.82, 2.24) is 14.9 Å². The van der Waals surface area contributed by atoms with Crippen LogP contribution in [-0.4, -0.2) is 18.0 Å². The molecule has 162 valence electrons. The molecule has 0 aliphatic heterocycles. The largest absolute Gasteiger partial charge is 0.327 e. The van der Waals surface area contributed by atoms with Crippen molar-refractivity contribution < 1.29 is 8.42 Å². The van der Waals surface area contributed by atoms with Crippen LogP contribution in [0.2, 0.25) is 5.02 Å². The molecule has 0 fully saturated rings. The lowest BCUT2D eigenvalue weighted by molar-refractivity contribution is 0.401. The minimum Gasteiger partial charge on any atom is -0.327 e. The molecule has 3 N–H and O–H groups in total. The third-order valence-corrected chi connectivity index (χ3v) is 6.40. The van der Waals surface area contributed by atoms with Crippen LogP contribution < -0.4 is 10.5 Å². The number of aromatic nitrogens is 2. The number of unbranched alkanes of at least 4 members (excludes halogenated alkanes) is 1. The highest BCUT2D eigenvalue weighted by Gasteiger charge is 2.19. The van der Waals surface area contributed by atoms with Crippen LogP contribution in [0.4, 0.5) is 0 Å². The van der Waals surface area contributed by atoms with E-state index in [1.807, 2.05) is 24.3 Å². The van der Waals surface area contributed by atoms with Gasteiger partial charge in [-0.15, -0.1) is 0 Å². The Kier molecular flexibility index (Phi) is 7.18. The van der Waals surface area contributed by atoms with E-state index >= 15 is 0 Å². The summed E-state index contributed by atoms with van der Waals surface area (Å²) in [6, 6.07) is 12.9. The van der Waals surface area contributed by atoms with Crippen LogP contribution in [-0.2, 0) is 23.1 Å². The lowest BCUT2D eigenvalue weighted by atomic mass is 9.96. The first-order valence-electron chi connectivity index (χ1n) is 10.2. The first-order chi connectivity index (χ1) is 14.2. The molecule has 3 aromatic rings. The number of rotatable bonds is 9. The molecule has 0 aliphatic rings. The number of primary sulfonamides is 1. The normalized spacial score (nSPS) is 13.3. The van der Waals surface area contributed by atoms with E-state index in [1.54, 1.807) is 18.2 Å². The molecule has 0 amide bonds. The Morgan fingerprint density at radius 2 is 1.87 bits per heavy atom. The first-order valence-corrected chi connectivity index (χ1v) is 12.1. The molecule has 0 saturated carbocycles. The number of imidazole rings is 1. The molecule has 1 aromatic heterocycles. The van der Waals surface area contributed by atoms with Gasteiger partial charge in [0.1, 0.15) is 5.82 Å². The second-order valence-corrected chi connectivity index (χ2v) is 9.88. The van der Waals surface area contributed by atoms with Crippen molar-refractivity contribution in [3.63, 3.8) is 0 Å². The molecule has 0 aliphatic carbocycles. The Balaban J connectivity index is 1.93. The van der Waals surface area contributed by atoms with Crippen LogP contribution in [0, 0.1) is 5.92 Å². The highest BCUT2D eigenvalue weighted by molar-refractivity contribution is 7.89. The summed E-state index contributed by atoms with van der Waals surface area (Å²) in [6.45, 7) is 7.88. The second kappa shape index (κ2) is 9.47. The summed E-state index contributed by atoms with van der Waals surface area (Å²) in [5.74, 6) is 1.25. The van der Waals surface area contributed by atoms with E-state index in [0.29, 0.717) is 23.0 Å². The van der Waals surface area contributed by atoms with Gasteiger partial charge in [0.25, 0.3) is 0 Å². The Bertz CT molecular complexity index is 1110. The van der Waals surface area contributed by atoms with Crippen molar-refractivity contribution in [2.75, 3.05) is 0 Å². The van der Waals surface area contributed by atoms with Crippen LogP contribution in [0.3, 0.4) is 0 Å². The van der Waals surface area contributed by atoms with Crippen LogP contribution in [0.5, 0.6) is 0 Å². The van der Waals surface area contributed by atoms with Crippen molar-refractivity contribution in [3.05, 3.63) is 58.9 Å². The average molecular weight is 449 g/mol. The van der Waals surface area contributed by atoms with E-state index < -0.39 is 10.0 Å². The minimum atomic E-state index is -3.77. The summed E-state index contributed by atoms with van der Waals surface area (Å²) < 4.78 is 25.6. The van der Waals surface area contributed by atoms with Crippen molar-refractivity contribution in [3.8, 4) is 0 Å². The number of benzene rings is 2. The fraction of sp³-hybridized carbons (Fsp3) is 0.409. The molecule has 0 bridgehead atoms. The van der Waals surface area contributed by atoms with Gasteiger partial charge in [0.15, 0.2) is 0 Å². The third kappa shape index (κ3) is 5.21. The second-order valence-electron chi connectivity index (χ2n) is 7.88. The summed E-state index contributed by atoms with van der Waals surface area (Å²) in [5, 5.41) is 9.64. The Morgan fingerprint density at radius 3 is 2.47 bits per heavy atom. The highest BCUT2D eigenvalue weighted by Crippen LogP contribution is 2.25. The lowest BCUT2D eigenvalue weighted by Crippen LogP contribution is -2.26. The van der Waals surface area contributed by atoms with E-state index in [2.05, 4.69) is 30.7 Å². The number of aryl methyl sites for hydroxylation is 1. The predicted molar refractivity (Wildman–Crippen MR) is 122 cm³/mol. The first kappa shape index (κ1) is 22.7. The van der Waals surface area contributed by atoms with Crippen molar-refractivity contribution in [1.29, 1.82) is 0 Å². The average Bonchev–Trinajstić information content (AvgIpc) is 3.03. The van der Waals surface area contributed by atoms with E-state index in [0.717, 1.165) is 30.7 Å².